The van der Waals surface area contributed by atoms with Crippen molar-refractivity contribution >= 4 is 29.5 Å². The van der Waals surface area contributed by atoms with Gasteiger partial charge in [0.05, 0.1) is 18.5 Å². The Bertz CT molecular complexity index is 561. The van der Waals surface area contributed by atoms with E-state index in [0.717, 1.165) is 4.90 Å². The first-order valence-electron chi connectivity index (χ1n) is 7.38. The molecule has 1 heterocycles. The second-order valence-electron chi connectivity index (χ2n) is 5.81. The number of nitrogens with one attached hydrogen (secondary N) is 1. The first-order chi connectivity index (χ1) is 11.0. The van der Waals surface area contributed by atoms with Gasteiger partial charge in [0.15, 0.2) is 5.78 Å². The van der Waals surface area contributed by atoms with Crippen LogP contribution in [0.2, 0.25) is 0 Å². The van der Waals surface area contributed by atoms with Gasteiger partial charge in [-0.3, -0.25) is 19.2 Å². The minimum Gasteiger partial charge on any atom is -0.481 e. The van der Waals surface area contributed by atoms with Gasteiger partial charge >= 0.3 is 11.9 Å². The van der Waals surface area contributed by atoms with Crippen molar-refractivity contribution in [1.29, 1.82) is 0 Å². The number of carbonyl (C=O) groups excluding carboxylic acids is 3. The van der Waals surface area contributed by atoms with Gasteiger partial charge in [-0.1, -0.05) is 0 Å². The summed E-state index contributed by atoms with van der Waals surface area (Å²) in [4.78, 5) is 59.0. The summed E-state index contributed by atoms with van der Waals surface area (Å²) >= 11 is 0. The average molecular weight is 343 g/mol. The highest BCUT2D eigenvalue weighted by molar-refractivity contribution is 5.98. The molecule has 0 aromatic rings. The van der Waals surface area contributed by atoms with Crippen molar-refractivity contribution in [3.8, 4) is 0 Å². The zero-order valence-electron chi connectivity index (χ0n) is 13.4. The van der Waals surface area contributed by atoms with E-state index in [4.69, 9.17) is 15.9 Å². The Kier molecular flexibility index (Phi) is 6.41. The first kappa shape index (κ1) is 19.6. The van der Waals surface area contributed by atoms with Crippen LogP contribution in [0.5, 0.6) is 0 Å². The summed E-state index contributed by atoms with van der Waals surface area (Å²) in [6.45, 7) is 2.57. The maximum Gasteiger partial charge on any atom is 0.326 e. The van der Waals surface area contributed by atoms with Crippen LogP contribution in [0.1, 0.15) is 26.7 Å². The third kappa shape index (κ3) is 4.75. The van der Waals surface area contributed by atoms with Gasteiger partial charge in [0.2, 0.25) is 11.8 Å². The third-order valence-corrected chi connectivity index (χ3v) is 3.84. The van der Waals surface area contributed by atoms with E-state index in [0.29, 0.717) is 0 Å². The number of likely N-dealkylation sites (tertiary alicyclic amines) is 1. The lowest BCUT2D eigenvalue weighted by Crippen LogP contribution is -2.50. The fourth-order valence-electron chi connectivity index (χ4n) is 2.41. The van der Waals surface area contributed by atoms with Gasteiger partial charge in [0, 0.05) is 18.9 Å². The van der Waals surface area contributed by atoms with E-state index >= 15 is 0 Å². The summed E-state index contributed by atoms with van der Waals surface area (Å²) < 4.78 is 0. The predicted molar refractivity (Wildman–Crippen MR) is 79.8 cm³/mol. The Morgan fingerprint density at radius 2 is 1.88 bits per heavy atom. The number of aliphatic carboxylic acids is 2. The van der Waals surface area contributed by atoms with Crippen molar-refractivity contribution in [2.24, 2.45) is 11.7 Å². The zero-order chi connectivity index (χ0) is 18.6. The van der Waals surface area contributed by atoms with Gasteiger partial charge < -0.3 is 26.2 Å². The van der Waals surface area contributed by atoms with Crippen LogP contribution in [0.4, 0.5) is 0 Å². The predicted octanol–water partition coefficient (Wildman–Crippen LogP) is -1.82. The maximum absolute atomic E-state index is 12.5. The van der Waals surface area contributed by atoms with Crippen molar-refractivity contribution in [1.82, 2.24) is 10.2 Å². The topological polar surface area (TPSA) is 167 Å². The van der Waals surface area contributed by atoms with Crippen LogP contribution in [0.15, 0.2) is 0 Å². The number of rotatable bonds is 8. The Morgan fingerprint density at radius 3 is 2.33 bits per heavy atom. The molecule has 1 fully saturated rings. The van der Waals surface area contributed by atoms with Crippen LogP contribution >= 0.6 is 0 Å². The second-order valence-corrected chi connectivity index (χ2v) is 5.81. The number of carboxylic acids is 2. The molecule has 0 bridgehead atoms. The summed E-state index contributed by atoms with van der Waals surface area (Å²) in [7, 11) is 0. The molecule has 4 atom stereocenters. The van der Waals surface area contributed by atoms with E-state index in [1.54, 1.807) is 0 Å². The molecule has 0 saturated carbocycles. The van der Waals surface area contributed by atoms with E-state index < -0.39 is 60.0 Å². The smallest absolute Gasteiger partial charge is 0.326 e. The summed E-state index contributed by atoms with van der Waals surface area (Å²) in [5.74, 6) is -5.19. The van der Waals surface area contributed by atoms with Crippen molar-refractivity contribution < 1.29 is 34.2 Å². The molecule has 0 aliphatic carbocycles. The van der Waals surface area contributed by atoms with Crippen molar-refractivity contribution in [3.63, 3.8) is 0 Å². The van der Waals surface area contributed by atoms with E-state index in [-0.39, 0.29) is 13.0 Å². The molecular weight excluding hydrogens is 322 g/mol. The molecule has 5 N–H and O–H groups in total. The fraction of sp³-hybridized carbons (Fsp3) is 0.643. The largest absolute Gasteiger partial charge is 0.481 e. The molecular formula is C14H21N3O7. The van der Waals surface area contributed by atoms with Gasteiger partial charge in [0.1, 0.15) is 6.04 Å². The molecule has 2 amide bonds. The van der Waals surface area contributed by atoms with Crippen molar-refractivity contribution in [2.45, 2.75) is 44.8 Å². The number of hydrogen-bond acceptors (Lipinski definition) is 6. The van der Waals surface area contributed by atoms with Crippen LogP contribution in [0.25, 0.3) is 0 Å². The van der Waals surface area contributed by atoms with Crippen LogP contribution in [0.3, 0.4) is 0 Å². The quantitative estimate of drug-likeness (QED) is 0.400. The lowest BCUT2D eigenvalue weighted by molar-refractivity contribution is -0.147. The molecule has 1 aliphatic rings. The standard InChI is InChI=1S/C14H21N3O7/c1-6(15)13(22)16-9(4-11(19)20)12(21)8-3-10(18)17(5-8)7(2)14(23)24/h6-9H,3-5,15H2,1-2H3,(H,16,22)(H,19,20)(H,23,24)/t6-,7-,8-,9-/m0/s1. The van der Waals surface area contributed by atoms with E-state index in [1.165, 1.54) is 13.8 Å². The number of hydrogen-bond donors (Lipinski definition) is 4. The molecule has 1 aliphatic heterocycles. The highest BCUT2D eigenvalue weighted by Gasteiger charge is 2.41. The Hall–Kier alpha value is -2.49. The van der Waals surface area contributed by atoms with Gasteiger partial charge in [-0.25, -0.2) is 4.79 Å². The average Bonchev–Trinajstić information content (AvgIpc) is 2.85. The molecule has 1 saturated heterocycles. The molecule has 10 heteroatoms. The minimum absolute atomic E-state index is 0.130. The number of ketones is 1. The molecule has 0 unspecified atom stereocenters. The summed E-state index contributed by atoms with van der Waals surface area (Å²) in [5.41, 5.74) is 5.39. The molecule has 0 aromatic carbocycles. The lowest BCUT2D eigenvalue weighted by atomic mass is 9.95. The molecule has 134 valence electrons. The van der Waals surface area contributed by atoms with Crippen molar-refractivity contribution in [3.05, 3.63) is 0 Å². The third-order valence-electron chi connectivity index (χ3n) is 3.84. The van der Waals surface area contributed by atoms with Crippen LogP contribution < -0.4 is 11.1 Å². The Labute approximate surface area is 138 Å². The Morgan fingerprint density at radius 1 is 1.29 bits per heavy atom. The van der Waals surface area contributed by atoms with Gasteiger partial charge in [-0.2, -0.15) is 0 Å². The minimum atomic E-state index is -1.32. The Balaban J connectivity index is 2.87. The lowest BCUT2D eigenvalue weighted by Gasteiger charge is -2.22. The number of nitrogens with zero attached hydrogens (tertiary/aromatic N) is 1. The summed E-state index contributed by atoms with van der Waals surface area (Å²) in [5, 5.41) is 20.1. The van der Waals surface area contributed by atoms with Crippen LogP contribution in [-0.2, 0) is 24.0 Å². The normalized spacial score (nSPS) is 21.0. The van der Waals surface area contributed by atoms with E-state index in [2.05, 4.69) is 5.32 Å². The SMILES string of the molecule is C[C@H](N)C(=O)N[C@@H](CC(=O)O)C(=O)[C@H]1CC(=O)N([C@@H](C)C(=O)O)C1. The molecule has 24 heavy (non-hydrogen) atoms. The molecule has 1 rings (SSSR count). The number of Topliss-reactive ketones (excluding diaryl/α,β-unsaturated/α-hetero) is 1. The van der Waals surface area contributed by atoms with Crippen LogP contribution in [0, 0.1) is 5.92 Å². The number of amides is 2. The van der Waals surface area contributed by atoms with E-state index in [1.807, 2.05) is 0 Å². The molecule has 0 radical (unpaired) electrons. The zero-order valence-corrected chi connectivity index (χ0v) is 13.4. The van der Waals surface area contributed by atoms with Crippen molar-refractivity contribution in [2.75, 3.05) is 6.54 Å². The number of carboxylic acid groups (broad SMARTS) is 2. The second kappa shape index (κ2) is 7.86. The molecule has 10 nitrogen and oxygen atoms in total. The van der Waals surface area contributed by atoms with E-state index in [9.17, 15) is 24.0 Å². The summed E-state index contributed by atoms with van der Waals surface area (Å²) in [6.07, 6.45) is -0.864. The number of carbonyl (C=O) groups is 5. The maximum atomic E-state index is 12.5. The molecule has 0 spiro atoms. The monoisotopic (exact) mass is 343 g/mol. The highest BCUT2D eigenvalue weighted by atomic mass is 16.4. The highest BCUT2D eigenvalue weighted by Crippen LogP contribution is 2.23. The van der Waals surface area contributed by atoms with Gasteiger partial charge in [-0.05, 0) is 13.8 Å². The first-order valence-corrected chi connectivity index (χ1v) is 7.38. The molecule has 0 aromatic heterocycles. The summed E-state index contributed by atoms with van der Waals surface area (Å²) in [6, 6.07) is -3.34. The van der Waals surface area contributed by atoms with Gasteiger partial charge in [-0.15, -0.1) is 0 Å². The number of nitrogens with two attached hydrogens (primary N) is 1. The van der Waals surface area contributed by atoms with Gasteiger partial charge in [0.25, 0.3) is 0 Å². The van der Waals surface area contributed by atoms with Crippen LogP contribution in [-0.4, -0.2) is 69.3 Å². The fourth-order valence-corrected chi connectivity index (χ4v) is 2.41.